The maximum absolute atomic E-state index is 11.6. The fraction of sp³-hybridized carbons (Fsp3) is 0.182. The van der Waals surface area contributed by atoms with Gasteiger partial charge in [-0.3, -0.25) is 14.4 Å². The molecule has 3 aromatic heterocycles. The summed E-state index contributed by atoms with van der Waals surface area (Å²) < 4.78 is 1.95. The van der Waals surface area contributed by atoms with Crippen molar-refractivity contribution in [3.05, 3.63) is 82.5 Å². The molecule has 30 heavy (non-hydrogen) atoms. The summed E-state index contributed by atoms with van der Waals surface area (Å²) in [4.78, 5) is 25.7. The molecule has 2 N–H and O–H groups in total. The molecule has 0 unspecified atom stereocenters. The Kier molecular flexibility index (Phi) is 4.30. The number of nitrogens with zero attached hydrogens (tertiary/aromatic N) is 4. The first-order chi connectivity index (χ1) is 14.5. The molecule has 1 fully saturated rings. The molecule has 0 radical (unpaired) electrons. The number of carbonyl (C=O) groups excluding carboxylic acids is 1. The summed E-state index contributed by atoms with van der Waals surface area (Å²) in [5.41, 5.74) is 6.18. The van der Waals surface area contributed by atoms with Gasteiger partial charge < -0.3 is 0 Å². The molecule has 1 aliphatic carbocycles. The van der Waals surface area contributed by atoms with Gasteiger partial charge in [-0.2, -0.15) is 0 Å². The Morgan fingerprint density at radius 2 is 1.90 bits per heavy atom. The Hall–Kier alpha value is -3.29. The number of pyridine rings is 1. The Balaban J connectivity index is 1.57. The van der Waals surface area contributed by atoms with Crippen molar-refractivity contribution < 1.29 is 10.0 Å². The van der Waals surface area contributed by atoms with Crippen LogP contribution in [0.15, 0.2) is 54.9 Å². The van der Waals surface area contributed by atoms with Crippen molar-refractivity contribution in [3.63, 3.8) is 0 Å². The van der Waals surface area contributed by atoms with Crippen LogP contribution < -0.4 is 5.48 Å². The summed E-state index contributed by atoms with van der Waals surface area (Å²) in [5, 5.41) is 9.43. The van der Waals surface area contributed by atoms with Crippen LogP contribution in [-0.2, 0) is 5.41 Å². The van der Waals surface area contributed by atoms with Gasteiger partial charge >= 0.3 is 0 Å². The zero-order chi connectivity index (χ0) is 20.9. The molecule has 0 aliphatic heterocycles. The minimum absolute atomic E-state index is 0.268. The molecule has 8 heteroatoms. The van der Waals surface area contributed by atoms with Gasteiger partial charge in [0.1, 0.15) is 11.5 Å². The van der Waals surface area contributed by atoms with Gasteiger partial charge in [-0.25, -0.2) is 20.4 Å². The van der Waals surface area contributed by atoms with E-state index in [4.69, 9.17) is 21.8 Å². The minimum Gasteiger partial charge on any atom is -0.296 e. The van der Waals surface area contributed by atoms with E-state index in [-0.39, 0.29) is 5.41 Å². The average molecular weight is 420 g/mol. The fourth-order valence-corrected chi connectivity index (χ4v) is 4.10. The number of hydroxylamine groups is 1. The molecule has 4 aromatic rings. The molecular weight excluding hydrogens is 402 g/mol. The second-order valence-corrected chi connectivity index (χ2v) is 7.92. The van der Waals surface area contributed by atoms with Gasteiger partial charge in [0.25, 0.3) is 5.91 Å². The molecule has 1 aliphatic rings. The number of aryl methyl sites for hydroxylation is 1. The van der Waals surface area contributed by atoms with Gasteiger partial charge in [-0.05, 0) is 55.7 Å². The first-order valence-corrected chi connectivity index (χ1v) is 9.93. The van der Waals surface area contributed by atoms with Crippen LogP contribution in [0.2, 0.25) is 5.02 Å². The molecule has 0 spiro atoms. The normalized spacial score (nSPS) is 14.6. The number of rotatable bonds is 4. The van der Waals surface area contributed by atoms with E-state index in [1.807, 2.05) is 47.9 Å². The summed E-state index contributed by atoms with van der Waals surface area (Å²) >= 11 is 6.20. The second kappa shape index (κ2) is 6.90. The molecule has 5 rings (SSSR count). The van der Waals surface area contributed by atoms with E-state index in [2.05, 4.69) is 9.97 Å². The maximum Gasteiger partial charge on any atom is 0.274 e. The number of hydrogen-bond acceptors (Lipinski definition) is 5. The summed E-state index contributed by atoms with van der Waals surface area (Å²) in [6, 6.07) is 12.8. The molecule has 150 valence electrons. The highest BCUT2D eigenvalue weighted by Gasteiger charge is 2.48. The van der Waals surface area contributed by atoms with E-state index < -0.39 is 5.91 Å². The minimum atomic E-state index is -0.536. The number of hydrogen-bond donors (Lipinski definition) is 2. The SMILES string of the molecule is Cc1nc2ccc(Cl)cn2c1-c1ccnc(C2(c3ccc(C(=O)NO)cc3)CC2)n1. The number of aromatic nitrogens is 4. The van der Waals surface area contributed by atoms with Crippen LogP contribution in [0.5, 0.6) is 0 Å². The van der Waals surface area contributed by atoms with E-state index in [1.54, 1.807) is 23.8 Å². The molecule has 0 bridgehead atoms. The van der Waals surface area contributed by atoms with Gasteiger partial charge in [-0.1, -0.05) is 23.7 Å². The van der Waals surface area contributed by atoms with Crippen molar-refractivity contribution in [1.29, 1.82) is 0 Å². The highest BCUT2D eigenvalue weighted by atomic mass is 35.5. The average Bonchev–Trinajstić information content (AvgIpc) is 3.51. The van der Waals surface area contributed by atoms with Crippen LogP contribution in [0, 0.1) is 6.92 Å². The summed E-state index contributed by atoms with van der Waals surface area (Å²) in [6.07, 6.45) is 5.47. The van der Waals surface area contributed by atoms with E-state index in [9.17, 15) is 4.79 Å². The van der Waals surface area contributed by atoms with E-state index in [0.717, 1.165) is 47.0 Å². The van der Waals surface area contributed by atoms with Crippen molar-refractivity contribution >= 4 is 23.2 Å². The Morgan fingerprint density at radius 1 is 1.13 bits per heavy atom. The van der Waals surface area contributed by atoms with Crippen molar-refractivity contribution in [3.8, 4) is 11.4 Å². The lowest BCUT2D eigenvalue weighted by Gasteiger charge is -2.16. The van der Waals surface area contributed by atoms with Crippen LogP contribution in [-0.4, -0.2) is 30.5 Å². The van der Waals surface area contributed by atoms with Crippen LogP contribution in [0.1, 0.15) is 40.3 Å². The third kappa shape index (κ3) is 2.94. The number of benzene rings is 1. The third-order valence-corrected chi connectivity index (χ3v) is 5.86. The quantitative estimate of drug-likeness (QED) is 0.386. The number of carbonyl (C=O) groups is 1. The topological polar surface area (TPSA) is 92.4 Å². The van der Waals surface area contributed by atoms with Crippen molar-refractivity contribution in [2.45, 2.75) is 25.2 Å². The highest BCUT2D eigenvalue weighted by molar-refractivity contribution is 6.30. The molecule has 1 aromatic carbocycles. The molecular formula is C22H18ClN5O2. The van der Waals surface area contributed by atoms with E-state index >= 15 is 0 Å². The van der Waals surface area contributed by atoms with Crippen LogP contribution in [0.3, 0.4) is 0 Å². The monoisotopic (exact) mass is 419 g/mol. The standard InChI is InChI=1S/C22H18ClN5O2/c1-13-19(28-12-16(23)6-7-18(28)25-13)17-8-11-24-21(26-17)22(9-10-22)15-4-2-14(3-5-15)20(29)27-30/h2-8,11-12,30H,9-10H2,1H3,(H,27,29). The fourth-order valence-electron chi connectivity index (χ4n) is 3.94. The third-order valence-electron chi connectivity index (χ3n) is 5.63. The van der Waals surface area contributed by atoms with Crippen LogP contribution in [0.25, 0.3) is 17.0 Å². The number of nitrogens with one attached hydrogen (secondary N) is 1. The zero-order valence-corrected chi connectivity index (χ0v) is 16.9. The van der Waals surface area contributed by atoms with E-state index in [1.165, 1.54) is 0 Å². The lowest BCUT2D eigenvalue weighted by atomic mass is 9.93. The second-order valence-electron chi connectivity index (χ2n) is 7.49. The van der Waals surface area contributed by atoms with Gasteiger partial charge in [0.15, 0.2) is 0 Å². The predicted octanol–water partition coefficient (Wildman–Crippen LogP) is 3.95. The smallest absolute Gasteiger partial charge is 0.274 e. The zero-order valence-electron chi connectivity index (χ0n) is 16.1. The number of fused-ring (bicyclic) bond motifs is 1. The molecule has 0 saturated heterocycles. The molecule has 7 nitrogen and oxygen atoms in total. The predicted molar refractivity (Wildman–Crippen MR) is 112 cm³/mol. The van der Waals surface area contributed by atoms with Crippen molar-refractivity contribution in [2.75, 3.05) is 0 Å². The summed E-state index contributed by atoms with van der Waals surface area (Å²) in [7, 11) is 0. The lowest BCUT2D eigenvalue weighted by Crippen LogP contribution is -2.19. The number of halogens is 1. The van der Waals surface area contributed by atoms with E-state index in [0.29, 0.717) is 10.6 Å². The Morgan fingerprint density at radius 3 is 2.60 bits per heavy atom. The van der Waals surface area contributed by atoms with Crippen LogP contribution in [0.4, 0.5) is 0 Å². The molecule has 1 amide bonds. The summed E-state index contributed by atoms with van der Waals surface area (Å²) in [5.74, 6) is 0.210. The first kappa shape index (κ1) is 18.7. The lowest BCUT2D eigenvalue weighted by molar-refractivity contribution is 0.0706. The van der Waals surface area contributed by atoms with Crippen LogP contribution >= 0.6 is 11.6 Å². The highest BCUT2D eigenvalue weighted by Crippen LogP contribution is 2.52. The van der Waals surface area contributed by atoms with Crippen molar-refractivity contribution in [1.82, 2.24) is 24.8 Å². The van der Waals surface area contributed by atoms with Gasteiger partial charge in [0.2, 0.25) is 0 Å². The largest absolute Gasteiger partial charge is 0.296 e. The maximum atomic E-state index is 11.6. The molecule has 0 atom stereocenters. The first-order valence-electron chi connectivity index (χ1n) is 9.55. The Labute approximate surface area is 177 Å². The van der Waals surface area contributed by atoms with Gasteiger partial charge in [0, 0.05) is 18.0 Å². The van der Waals surface area contributed by atoms with Crippen molar-refractivity contribution in [2.24, 2.45) is 0 Å². The number of imidazole rings is 1. The molecule has 3 heterocycles. The summed E-state index contributed by atoms with van der Waals surface area (Å²) in [6.45, 7) is 1.95. The Bertz CT molecular complexity index is 1280. The number of amides is 1. The van der Waals surface area contributed by atoms with Gasteiger partial charge in [-0.15, -0.1) is 0 Å². The van der Waals surface area contributed by atoms with Gasteiger partial charge in [0.05, 0.1) is 27.5 Å². The molecule has 1 saturated carbocycles.